The third kappa shape index (κ3) is 4.32. The average molecular weight is 393 g/mol. The van der Waals surface area contributed by atoms with E-state index in [0.29, 0.717) is 17.2 Å². The molecule has 3 aromatic rings. The number of hydrogen-bond acceptors (Lipinski definition) is 5. The van der Waals surface area contributed by atoms with Crippen molar-refractivity contribution in [3.8, 4) is 11.5 Å². The van der Waals surface area contributed by atoms with Crippen LogP contribution in [0.2, 0.25) is 0 Å². The van der Waals surface area contributed by atoms with Crippen LogP contribution in [-0.2, 0) is 6.54 Å². The maximum absolute atomic E-state index is 12.9. The molecule has 0 aliphatic carbocycles. The molecule has 0 atom stereocenters. The molecule has 1 aliphatic rings. The fourth-order valence-corrected chi connectivity index (χ4v) is 2.75. The first-order valence-electron chi connectivity index (χ1n) is 8.78. The Morgan fingerprint density at radius 2 is 1.76 bits per heavy atom. The predicted molar refractivity (Wildman–Crippen MR) is 102 cm³/mol. The van der Waals surface area contributed by atoms with Gasteiger partial charge in [-0.2, -0.15) is 0 Å². The number of fused-ring (bicyclic) bond motifs is 1. The molecule has 2 heterocycles. The zero-order chi connectivity index (χ0) is 20.2. The molecular weight excluding hydrogens is 377 g/mol. The fraction of sp³-hybridized carbons (Fsp3) is 0.0952. The first-order chi connectivity index (χ1) is 14.1. The van der Waals surface area contributed by atoms with E-state index < -0.39 is 5.91 Å². The Kier molecular flexibility index (Phi) is 5.07. The summed E-state index contributed by atoms with van der Waals surface area (Å²) >= 11 is 0. The van der Waals surface area contributed by atoms with E-state index in [4.69, 9.17) is 9.47 Å². The second-order valence-electron chi connectivity index (χ2n) is 6.26. The van der Waals surface area contributed by atoms with E-state index in [9.17, 15) is 14.0 Å². The molecule has 1 aliphatic heterocycles. The lowest BCUT2D eigenvalue weighted by atomic mass is 10.2. The lowest BCUT2D eigenvalue weighted by molar-refractivity contribution is 0.0946. The predicted octanol–water partition coefficient (Wildman–Crippen LogP) is 3.13. The average Bonchev–Trinajstić information content (AvgIpc) is 3.21. The van der Waals surface area contributed by atoms with Crippen LogP contribution in [0.15, 0.2) is 60.8 Å². The Hall–Kier alpha value is -3.94. The molecule has 0 bridgehead atoms. The number of rotatable bonds is 5. The molecule has 2 amide bonds. The number of anilines is 1. The van der Waals surface area contributed by atoms with Crippen molar-refractivity contribution in [2.75, 3.05) is 12.1 Å². The Morgan fingerprint density at radius 3 is 2.59 bits per heavy atom. The van der Waals surface area contributed by atoms with Gasteiger partial charge in [0.25, 0.3) is 11.8 Å². The van der Waals surface area contributed by atoms with Gasteiger partial charge in [-0.3, -0.25) is 14.6 Å². The molecule has 7 nitrogen and oxygen atoms in total. The highest BCUT2D eigenvalue weighted by atomic mass is 19.1. The lowest BCUT2D eigenvalue weighted by Crippen LogP contribution is -2.24. The molecule has 0 spiro atoms. The van der Waals surface area contributed by atoms with Gasteiger partial charge in [-0.15, -0.1) is 0 Å². The van der Waals surface area contributed by atoms with E-state index in [0.717, 1.165) is 5.56 Å². The van der Waals surface area contributed by atoms with Gasteiger partial charge in [0.15, 0.2) is 11.5 Å². The monoisotopic (exact) mass is 393 g/mol. The molecule has 4 rings (SSSR count). The van der Waals surface area contributed by atoms with E-state index in [1.807, 2.05) is 0 Å². The van der Waals surface area contributed by atoms with Crippen LogP contribution in [-0.4, -0.2) is 23.6 Å². The molecule has 8 heteroatoms. The van der Waals surface area contributed by atoms with Gasteiger partial charge in [0.1, 0.15) is 11.5 Å². The first-order valence-corrected chi connectivity index (χ1v) is 8.78. The molecule has 0 saturated heterocycles. The summed E-state index contributed by atoms with van der Waals surface area (Å²) in [5.41, 5.74) is 1.67. The van der Waals surface area contributed by atoms with Gasteiger partial charge >= 0.3 is 0 Å². The largest absolute Gasteiger partial charge is 0.454 e. The van der Waals surface area contributed by atoms with Crippen LogP contribution in [0.5, 0.6) is 11.5 Å². The molecule has 2 N–H and O–H groups in total. The van der Waals surface area contributed by atoms with E-state index in [-0.39, 0.29) is 36.3 Å². The van der Waals surface area contributed by atoms with Gasteiger partial charge in [-0.05, 0) is 42.0 Å². The highest BCUT2D eigenvalue weighted by molar-refractivity contribution is 6.05. The number of ether oxygens (including phenoxy) is 2. The number of carbonyl (C=O) groups is 2. The molecule has 2 aromatic carbocycles. The Morgan fingerprint density at radius 1 is 0.966 bits per heavy atom. The van der Waals surface area contributed by atoms with Gasteiger partial charge in [0, 0.05) is 30.1 Å². The third-order valence-corrected chi connectivity index (χ3v) is 4.25. The summed E-state index contributed by atoms with van der Waals surface area (Å²) in [4.78, 5) is 28.9. The Balaban J connectivity index is 1.41. The quantitative estimate of drug-likeness (QED) is 0.695. The van der Waals surface area contributed by atoms with Crippen LogP contribution < -0.4 is 20.1 Å². The Bertz CT molecular complexity index is 1070. The smallest absolute Gasteiger partial charge is 0.270 e. The summed E-state index contributed by atoms with van der Waals surface area (Å²) in [7, 11) is 0. The summed E-state index contributed by atoms with van der Waals surface area (Å²) in [6, 6.07) is 13.8. The highest BCUT2D eigenvalue weighted by Gasteiger charge is 2.16. The number of halogens is 1. The summed E-state index contributed by atoms with van der Waals surface area (Å²) in [6.45, 7) is 0.363. The first kappa shape index (κ1) is 18.4. The second-order valence-corrected chi connectivity index (χ2v) is 6.26. The second kappa shape index (κ2) is 7.97. The number of hydrogen-bond donors (Lipinski definition) is 2. The minimum Gasteiger partial charge on any atom is -0.454 e. The van der Waals surface area contributed by atoms with Gasteiger partial charge < -0.3 is 20.1 Å². The molecule has 0 saturated carbocycles. The highest BCUT2D eigenvalue weighted by Crippen LogP contribution is 2.34. The van der Waals surface area contributed by atoms with Gasteiger partial charge in [0.05, 0.1) is 0 Å². The molecule has 1 aromatic heterocycles. The van der Waals surface area contributed by atoms with Gasteiger partial charge in [-0.1, -0.05) is 12.1 Å². The molecule has 0 fully saturated rings. The number of carbonyl (C=O) groups excluding carboxylic acids is 2. The normalized spacial score (nSPS) is 11.8. The molecule has 146 valence electrons. The number of amides is 2. The van der Waals surface area contributed by atoms with Crippen LogP contribution in [0, 0.1) is 5.82 Å². The molecule has 0 unspecified atom stereocenters. The zero-order valence-corrected chi connectivity index (χ0v) is 15.1. The van der Waals surface area contributed by atoms with Crippen molar-refractivity contribution in [3.05, 3.63) is 83.4 Å². The number of benzene rings is 2. The van der Waals surface area contributed by atoms with Gasteiger partial charge in [-0.25, -0.2) is 4.39 Å². The van der Waals surface area contributed by atoms with Crippen molar-refractivity contribution in [2.45, 2.75) is 6.54 Å². The number of nitrogens with one attached hydrogen (secondary N) is 2. The maximum Gasteiger partial charge on any atom is 0.270 e. The summed E-state index contributed by atoms with van der Waals surface area (Å²) in [5, 5.41) is 5.44. The lowest BCUT2D eigenvalue weighted by Gasteiger charge is -2.08. The molecule has 0 radical (unpaired) electrons. The molecular formula is C21H16FN3O4. The van der Waals surface area contributed by atoms with E-state index in [2.05, 4.69) is 15.6 Å². The van der Waals surface area contributed by atoms with Crippen molar-refractivity contribution >= 4 is 17.5 Å². The van der Waals surface area contributed by atoms with Crippen LogP contribution >= 0.6 is 0 Å². The van der Waals surface area contributed by atoms with E-state index in [1.165, 1.54) is 30.5 Å². The van der Waals surface area contributed by atoms with E-state index >= 15 is 0 Å². The number of pyridine rings is 1. The summed E-state index contributed by atoms with van der Waals surface area (Å²) in [5.74, 6) is -0.000712. The number of nitrogens with zero attached hydrogens (tertiary/aromatic N) is 1. The van der Waals surface area contributed by atoms with Crippen LogP contribution in [0.1, 0.15) is 26.4 Å². The number of aromatic nitrogens is 1. The summed E-state index contributed by atoms with van der Waals surface area (Å²) < 4.78 is 23.5. The van der Waals surface area contributed by atoms with E-state index in [1.54, 1.807) is 30.3 Å². The van der Waals surface area contributed by atoms with Crippen LogP contribution in [0.4, 0.5) is 10.1 Å². The third-order valence-electron chi connectivity index (χ3n) is 4.25. The fourth-order valence-electron chi connectivity index (χ4n) is 2.75. The minimum absolute atomic E-state index is 0.102. The zero-order valence-electron chi connectivity index (χ0n) is 15.1. The van der Waals surface area contributed by atoms with Crippen molar-refractivity contribution < 1.29 is 23.5 Å². The maximum atomic E-state index is 12.9. The van der Waals surface area contributed by atoms with Gasteiger partial charge in [0.2, 0.25) is 6.79 Å². The van der Waals surface area contributed by atoms with Crippen molar-refractivity contribution in [3.63, 3.8) is 0 Å². The summed E-state index contributed by atoms with van der Waals surface area (Å²) in [6.07, 6.45) is 1.39. The van der Waals surface area contributed by atoms with Crippen molar-refractivity contribution in [2.24, 2.45) is 0 Å². The molecule has 29 heavy (non-hydrogen) atoms. The van der Waals surface area contributed by atoms with Crippen molar-refractivity contribution in [1.82, 2.24) is 10.3 Å². The van der Waals surface area contributed by atoms with Crippen molar-refractivity contribution in [1.29, 1.82) is 0 Å². The van der Waals surface area contributed by atoms with Crippen LogP contribution in [0.25, 0.3) is 0 Å². The van der Waals surface area contributed by atoms with Crippen LogP contribution in [0.3, 0.4) is 0 Å². The topological polar surface area (TPSA) is 89.6 Å². The minimum atomic E-state index is -0.438. The Labute approximate surface area is 165 Å². The standard InChI is InChI=1S/C21H16FN3O4/c22-15-3-1-13(2-4-15)11-24-21(27)17-9-14(7-8-23-17)20(26)25-16-5-6-18-19(10-16)29-12-28-18/h1-10H,11-12H2,(H,24,27)(H,25,26). The SMILES string of the molecule is O=C(Nc1ccc2c(c1)OCO2)c1ccnc(C(=O)NCc2ccc(F)cc2)c1.